The van der Waals surface area contributed by atoms with Crippen LogP contribution in [0.5, 0.6) is 0 Å². The highest BCUT2D eigenvalue weighted by Crippen LogP contribution is 2.21. The molecular weight excluding hydrogens is 202 g/mol. The molecule has 2 N–H and O–H groups in total. The van der Waals surface area contributed by atoms with Gasteiger partial charge in [0.1, 0.15) is 12.1 Å². The van der Waals surface area contributed by atoms with Crippen molar-refractivity contribution in [2.24, 2.45) is 5.73 Å². The first-order chi connectivity index (χ1) is 7.61. The number of hydrogen-bond donors (Lipinski definition) is 1. The number of likely N-dealkylation sites (N-methyl/N-ethyl adjacent to an activating group) is 1. The zero-order valence-electron chi connectivity index (χ0n) is 9.47. The molecule has 4 nitrogen and oxygen atoms in total. The lowest BCUT2D eigenvalue weighted by Crippen LogP contribution is -2.42. The van der Waals surface area contributed by atoms with Crippen molar-refractivity contribution in [1.82, 2.24) is 0 Å². The number of nitriles is 1. The van der Waals surface area contributed by atoms with E-state index in [1.54, 1.807) is 24.1 Å². The van der Waals surface area contributed by atoms with Crippen LogP contribution in [0.15, 0.2) is 24.3 Å². The van der Waals surface area contributed by atoms with Crippen LogP contribution in [0.25, 0.3) is 0 Å². The summed E-state index contributed by atoms with van der Waals surface area (Å²) in [5.74, 6) is -0.377. The van der Waals surface area contributed by atoms with Crippen molar-refractivity contribution in [3.8, 4) is 6.07 Å². The number of rotatable bonds is 4. The lowest BCUT2D eigenvalue weighted by atomic mass is 10.1. The molecular formula is C12H15N3O. The van der Waals surface area contributed by atoms with Gasteiger partial charge in [-0.05, 0) is 18.6 Å². The highest BCUT2D eigenvalue weighted by molar-refractivity contribution is 5.84. The van der Waals surface area contributed by atoms with Crippen LogP contribution < -0.4 is 10.6 Å². The largest absolute Gasteiger partial charge is 0.368 e. The summed E-state index contributed by atoms with van der Waals surface area (Å²) in [5.41, 5.74) is 6.59. The molecule has 0 radical (unpaired) electrons. The second kappa shape index (κ2) is 5.17. The predicted molar refractivity (Wildman–Crippen MR) is 62.8 cm³/mol. The molecule has 1 amide bonds. The second-order valence-corrected chi connectivity index (χ2v) is 3.57. The first-order valence-electron chi connectivity index (χ1n) is 5.13. The van der Waals surface area contributed by atoms with E-state index in [0.29, 0.717) is 12.0 Å². The molecule has 0 saturated carbocycles. The van der Waals surface area contributed by atoms with E-state index in [4.69, 9.17) is 11.0 Å². The van der Waals surface area contributed by atoms with Gasteiger partial charge in [0, 0.05) is 7.05 Å². The number of nitrogens with two attached hydrogens (primary N) is 1. The maximum atomic E-state index is 11.2. The van der Waals surface area contributed by atoms with Crippen molar-refractivity contribution < 1.29 is 4.79 Å². The number of carbonyl (C=O) groups excluding carboxylic acids is 1. The van der Waals surface area contributed by atoms with Crippen molar-refractivity contribution >= 4 is 11.6 Å². The van der Waals surface area contributed by atoms with Gasteiger partial charge < -0.3 is 10.6 Å². The molecule has 0 saturated heterocycles. The molecule has 0 aromatic heterocycles. The zero-order valence-corrected chi connectivity index (χ0v) is 9.47. The Labute approximate surface area is 95.3 Å². The SMILES string of the molecule is CCC(C(N)=O)N(C)c1ccccc1C#N. The van der Waals surface area contributed by atoms with Crippen LogP contribution in [0.3, 0.4) is 0 Å². The van der Waals surface area contributed by atoms with E-state index in [1.165, 1.54) is 0 Å². The summed E-state index contributed by atoms with van der Waals surface area (Å²) < 4.78 is 0. The second-order valence-electron chi connectivity index (χ2n) is 3.57. The van der Waals surface area contributed by atoms with Crippen molar-refractivity contribution in [2.75, 3.05) is 11.9 Å². The van der Waals surface area contributed by atoms with Gasteiger partial charge in [0.15, 0.2) is 0 Å². The minimum absolute atomic E-state index is 0.377. The van der Waals surface area contributed by atoms with Crippen molar-refractivity contribution in [1.29, 1.82) is 5.26 Å². The first kappa shape index (κ1) is 12.1. The average molecular weight is 217 g/mol. The Morgan fingerprint density at radius 3 is 2.69 bits per heavy atom. The molecule has 4 heteroatoms. The fourth-order valence-electron chi connectivity index (χ4n) is 1.71. The molecule has 1 aromatic rings. The Morgan fingerprint density at radius 2 is 2.19 bits per heavy atom. The number of carbonyl (C=O) groups is 1. The number of hydrogen-bond acceptors (Lipinski definition) is 3. The molecule has 16 heavy (non-hydrogen) atoms. The summed E-state index contributed by atoms with van der Waals surface area (Å²) >= 11 is 0. The molecule has 1 aromatic carbocycles. The summed E-state index contributed by atoms with van der Waals surface area (Å²) in [6.07, 6.45) is 0.617. The predicted octanol–water partition coefficient (Wildman–Crippen LogP) is 1.26. The quantitative estimate of drug-likeness (QED) is 0.825. The van der Waals surface area contributed by atoms with Gasteiger partial charge >= 0.3 is 0 Å². The van der Waals surface area contributed by atoms with E-state index in [1.807, 2.05) is 19.1 Å². The Morgan fingerprint density at radius 1 is 1.56 bits per heavy atom. The maximum absolute atomic E-state index is 11.2. The van der Waals surface area contributed by atoms with Gasteiger partial charge in [0.25, 0.3) is 0 Å². The molecule has 0 aliphatic rings. The Balaban J connectivity index is 3.08. The standard InChI is InChI=1S/C12H15N3O/c1-3-10(12(14)16)15(2)11-7-5-4-6-9(11)8-13/h4-7,10H,3H2,1-2H3,(H2,14,16). The van der Waals surface area contributed by atoms with E-state index in [2.05, 4.69) is 6.07 Å². The van der Waals surface area contributed by atoms with Crippen LogP contribution in [0.4, 0.5) is 5.69 Å². The summed E-state index contributed by atoms with van der Waals surface area (Å²) in [4.78, 5) is 13.0. The van der Waals surface area contributed by atoms with Gasteiger partial charge in [-0.3, -0.25) is 4.79 Å². The summed E-state index contributed by atoms with van der Waals surface area (Å²) in [7, 11) is 1.77. The summed E-state index contributed by atoms with van der Waals surface area (Å²) in [5, 5.41) is 8.97. The third kappa shape index (κ3) is 2.31. The number of anilines is 1. The van der Waals surface area contributed by atoms with Gasteiger partial charge in [-0.1, -0.05) is 19.1 Å². The van der Waals surface area contributed by atoms with Crippen LogP contribution in [0, 0.1) is 11.3 Å². The van der Waals surface area contributed by atoms with Crippen LogP contribution in [-0.4, -0.2) is 19.0 Å². The summed E-state index contributed by atoms with van der Waals surface area (Å²) in [6, 6.07) is 8.88. The van der Waals surface area contributed by atoms with E-state index in [9.17, 15) is 4.79 Å². The highest BCUT2D eigenvalue weighted by Gasteiger charge is 2.20. The number of amides is 1. The topological polar surface area (TPSA) is 70.1 Å². The Bertz CT molecular complexity index is 423. The van der Waals surface area contributed by atoms with Crippen LogP contribution >= 0.6 is 0 Å². The molecule has 0 heterocycles. The number of para-hydroxylation sites is 1. The van der Waals surface area contributed by atoms with Crippen LogP contribution in [0.1, 0.15) is 18.9 Å². The van der Waals surface area contributed by atoms with Gasteiger partial charge in [-0.2, -0.15) is 5.26 Å². The van der Waals surface area contributed by atoms with E-state index < -0.39 is 0 Å². The number of primary amides is 1. The zero-order chi connectivity index (χ0) is 12.1. The molecule has 1 atom stereocenters. The van der Waals surface area contributed by atoms with Crippen molar-refractivity contribution in [2.45, 2.75) is 19.4 Å². The van der Waals surface area contributed by atoms with Gasteiger partial charge in [-0.25, -0.2) is 0 Å². The minimum Gasteiger partial charge on any atom is -0.368 e. The maximum Gasteiger partial charge on any atom is 0.240 e. The molecule has 0 spiro atoms. The average Bonchev–Trinajstić information content (AvgIpc) is 2.29. The van der Waals surface area contributed by atoms with E-state index >= 15 is 0 Å². The molecule has 1 rings (SSSR count). The van der Waals surface area contributed by atoms with Gasteiger partial charge in [-0.15, -0.1) is 0 Å². The molecule has 0 fully saturated rings. The lowest BCUT2D eigenvalue weighted by molar-refractivity contribution is -0.119. The first-order valence-corrected chi connectivity index (χ1v) is 5.13. The van der Waals surface area contributed by atoms with E-state index in [0.717, 1.165) is 5.69 Å². The molecule has 1 unspecified atom stereocenters. The third-order valence-corrected chi connectivity index (χ3v) is 2.59. The molecule has 0 aliphatic heterocycles. The number of benzene rings is 1. The third-order valence-electron chi connectivity index (χ3n) is 2.59. The highest BCUT2D eigenvalue weighted by atomic mass is 16.1. The Kier molecular flexibility index (Phi) is 3.90. The fraction of sp³-hybridized carbons (Fsp3) is 0.333. The van der Waals surface area contributed by atoms with Crippen LogP contribution in [-0.2, 0) is 4.79 Å². The summed E-state index contributed by atoms with van der Waals surface area (Å²) in [6.45, 7) is 1.89. The minimum atomic E-state index is -0.380. The fourth-order valence-corrected chi connectivity index (χ4v) is 1.71. The normalized spacial score (nSPS) is 11.6. The Hall–Kier alpha value is -2.02. The number of nitrogens with zero attached hydrogens (tertiary/aromatic N) is 2. The van der Waals surface area contributed by atoms with Crippen molar-refractivity contribution in [3.05, 3.63) is 29.8 Å². The van der Waals surface area contributed by atoms with E-state index in [-0.39, 0.29) is 11.9 Å². The van der Waals surface area contributed by atoms with Crippen molar-refractivity contribution in [3.63, 3.8) is 0 Å². The van der Waals surface area contributed by atoms with Gasteiger partial charge in [0.05, 0.1) is 11.3 Å². The van der Waals surface area contributed by atoms with Crippen LogP contribution in [0.2, 0.25) is 0 Å². The molecule has 0 bridgehead atoms. The smallest absolute Gasteiger partial charge is 0.240 e. The monoisotopic (exact) mass is 217 g/mol. The molecule has 84 valence electrons. The van der Waals surface area contributed by atoms with Gasteiger partial charge in [0.2, 0.25) is 5.91 Å². The lowest BCUT2D eigenvalue weighted by Gasteiger charge is -2.27. The molecule has 0 aliphatic carbocycles.